The molecule has 0 spiro atoms. The molecule has 2 unspecified atom stereocenters. The van der Waals surface area contributed by atoms with Crippen molar-refractivity contribution in [3.05, 3.63) is 0 Å². The predicted octanol–water partition coefficient (Wildman–Crippen LogP) is 4.38. The topological polar surface area (TPSA) is 121 Å². The number of halogens is 2. The molecule has 4 atom stereocenters. The van der Waals surface area contributed by atoms with E-state index in [9.17, 15) is 8.78 Å². The lowest BCUT2D eigenvalue weighted by Crippen LogP contribution is -2.36. The summed E-state index contributed by atoms with van der Waals surface area (Å²) >= 11 is 0. The van der Waals surface area contributed by atoms with E-state index in [1.165, 1.54) is 0 Å². The zero-order valence-corrected chi connectivity index (χ0v) is 30.9. The van der Waals surface area contributed by atoms with Gasteiger partial charge in [0.15, 0.2) is 0 Å². The summed E-state index contributed by atoms with van der Waals surface area (Å²) < 4.78 is 24.4. The maximum absolute atomic E-state index is 12.5. The van der Waals surface area contributed by atoms with E-state index < -0.39 is 12.8 Å². The largest absolute Gasteiger partial charge is 0.395 e. The maximum Gasteiger partial charge on any atom is 0.112 e. The molecule has 0 rings (SSSR count). The molecule has 0 aromatic carbocycles. The first-order chi connectivity index (χ1) is 19.9. The third-order valence-electron chi connectivity index (χ3n) is 5.14. The van der Waals surface area contributed by atoms with E-state index in [4.69, 9.17) is 15.3 Å². The molecular weight excluding hydrogens is 552 g/mol. The van der Waals surface area contributed by atoms with Crippen LogP contribution in [0.1, 0.15) is 96.4 Å². The van der Waals surface area contributed by atoms with Gasteiger partial charge in [0.05, 0.1) is 24.9 Å². The zero-order valence-electron chi connectivity index (χ0n) is 30.9. The minimum absolute atomic E-state index is 0.122. The summed E-state index contributed by atoms with van der Waals surface area (Å²) in [6.45, 7) is 31.5. The monoisotopic (exact) mass is 632 g/mol. The summed E-state index contributed by atoms with van der Waals surface area (Å²) in [5, 5.41) is 41.4. The van der Waals surface area contributed by atoms with Gasteiger partial charge in [-0.15, -0.1) is 0 Å². The number of alkyl halides is 2. The van der Waals surface area contributed by atoms with Crippen LogP contribution in [0.25, 0.3) is 0 Å². The fraction of sp³-hybridized carbons (Fsp3) is 1.00. The van der Waals surface area contributed by atoms with Crippen LogP contribution in [0.4, 0.5) is 8.78 Å². The number of aliphatic hydroxyl groups excluding tert-OH is 3. The molecule has 0 aliphatic heterocycles. The van der Waals surface area contributed by atoms with Crippen molar-refractivity contribution in [3.8, 4) is 0 Å². The molecule has 0 aromatic rings. The van der Waals surface area contributed by atoms with Crippen LogP contribution in [-0.2, 0) is 0 Å². The molecule has 0 amide bonds. The van der Waals surface area contributed by atoms with Gasteiger partial charge >= 0.3 is 0 Å². The second kappa shape index (κ2) is 39.6. The van der Waals surface area contributed by atoms with E-state index in [0.29, 0.717) is 55.8 Å². The highest BCUT2D eigenvalue weighted by Gasteiger charge is 2.05. The van der Waals surface area contributed by atoms with E-state index in [1.807, 2.05) is 27.8 Å². The molecule has 0 heterocycles. The van der Waals surface area contributed by atoms with E-state index >= 15 is 0 Å². The zero-order chi connectivity index (χ0) is 34.8. The van der Waals surface area contributed by atoms with Crippen LogP contribution in [-0.4, -0.2) is 112 Å². The molecule has 0 fully saturated rings. The standard InChI is InChI=1S/C8H18FN.C7H16FNO.2C7H17NO.C4H11N/c1-4-8(9)6-10-5-7(2)3;1-6(2)4-9-7(3-8)5-10;2*1-6(2)4-8-5-7(3)9;1-4(2)5-3/h7-8,10H,4-6H2,1-3H3;6-7,9-10H,3-5H2,1-2H3;2*6-9H,4-5H2,1-3H3;4-5H,1-3H3/t;;2*7-;/m..10./s1. The Morgan fingerprint density at radius 3 is 1.12 bits per heavy atom. The number of aliphatic hydroxyl groups is 3. The van der Waals surface area contributed by atoms with Crippen molar-refractivity contribution in [2.75, 3.05) is 66.1 Å². The van der Waals surface area contributed by atoms with E-state index in [0.717, 1.165) is 26.2 Å². The molecule has 0 bridgehead atoms. The van der Waals surface area contributed by atoms with Crippen molar-refractivity contribution in [3.63, 3.8) is 0 Å². The lowest BCUT2D eigenvalue weighted by Gasteiger charge is -2.13. The van der Waals surface area contributed by atoms with Gasteiger partial charge in [0.2, 0.25) is 0 Å². The van der Waals surface area contributed by atoms with E-state index in [1.54, 1.807) is 13.8 Å². The average molecular weight is 632 g/mol. The maximum atomic E-state index is 12.5. The van der Waals surface area contributed by atoms with Gasteiger partial charge in [-0.2, -0.15) is 0 Å². The second-order valence-electron chi connectivity index (χ2n) is 13.1. The number of hydrogen-bond acceptors (Lipinski definition) is 8. The lowest BCUT2D eigenvalue weighted by atomic mass is 10.2. The van der Waals surface area contributed by atoms with Gasteiger partial charge in [-0.25, -0.2) is 8.78 Å². The molecule has 0 aliphatic rings. The van der Waals surface area contributed by atoms with Crippen molar-refractivity contribution in [1.82, 2.24) is 26.6 Å². The second-order valence-corrected chi connectivity index (χ2v) is 13.1. The molecule has 0 aliphatic carbocycles. The third-order valence-corrected chi connectivity index (χ3v) is 5.14. The van der Waals surface area contributed by atoms with Crippen LogP contribution in [0.3, 0.4) is 0 Å². The summed E-state index contributed by atoms with van der Waals surface area (Å²) in [7, 11) is 1.95. The van der Waals surface area contributed by atoms with Crippen molar-refractivity contribution < 1.29 is 24.1 Å². The molecular formula is C33H79F2N5O3. The highest BCUT2D eigenvalue weighted by molar-refractivity contribution is 4.64. The quantitative estimate of drug-likeness (QED) is 0.106. The van der Waals surface area contributed by atoms with Crippen LogP contribution in [0, 0.1) is 23.7 Å². The minimum Gasteiger partial charge on any atom is -0.395 e. The molecule has 8 nitrogen and oxygen atoms in total. The molecule has 8 N–H and O–H groups in total. The first kappa shape index (κ1) is 52.1. The normalized spacial score (nSPS) is 13.7. The Bertz CT molecular complexity index is 449. The highest BCUT2D eigenvalue weighted by Crippen LogP contribution is 1.95. The van der Waals surface area contributed by atoms with Crippen LogP contribution in [0.2, 0.25) is 0 Å². The SMILES string of the molecule is CC(C)CNC(CO)CF.CC(C)CNC[C@@H](C)O.CC(C)CNC[C@H](C)O.CCC(F)CNCC(C)C.CNC(C)C. The Labute approximate surface area is 267 Å². The fourth-order valence-electron chi connectivity index (χ4n) is 2.41. The summed E-state index contributed by atoms with van der Waals surface area (Å²) in [4.78, 5) is 0. The van der Waals surface area contributed by atoms with Crippen LogP contribution < -0.4 is 26.6 Å². The van der Waals surface area contributed by atoms with Gasteiger partial charge in [-0.05, 0) is 77.2 Å². The first-order valence-electron chi connectivity index (χ1n) is 16.6. The van der Waals surface area contributed by atoms with Gasteiger partial charge in [0.25, 0.3) is 0 Å². The van der Waals surface area contributed by atoms with Gasteiger partial charge < -0.3 is 41.9 Å². The summed E-state index contributed by atoms with van der Waals surface area (Å²) in [5.74, 6) is 2.46. The Morgan fingerprint density at radius 2 is 0.907 bits per heavy atom. The summed E-state index contributed by atoms with van der Waals surface area (Å²) in [6, 6.07) is 0.261. The van der Waals surface area contributed by atoms with E-state index in [-0.39, 0.29) is 24.9 Å². The molecule has 268 valence electrons. The molecule has 10 heteroatoms. The van der Waals surface area contributed by atoms with Crippen LogP contribution in [0.15, 0.2) is 0 Å². The van der Waals surface area contributed by atoms with E-state index in [2.05, 4.69) is 82.0 Å². The van der Waals surface area contributed by atoms with Crippen molar-refractivity contribution in [2.24, 2.45) is 23.7 Å². The Morgan fingerprint density at radius 1 is 0.581 bits per heavy atom. The van der Waals surface area contributed by atoms with Gasteiger partial charge in [0, 0.05) is 25.7 Å². The number of nitrogens with one attached hydrogen (secondary N) is 5. The Hall–Kier alpha value is -0.460. The third kappa shape index (κ3) is 69.6. The van der Waals surface area contributed by atoms with Gasteiger partial charge in [-0.1, -0.05) is 76.2 Å². The first-order valence-corrected chi connectivity index (χ1v) is 16.6. The number of rotatable bonds is 19. The van der Waals surface area contributed by atoms with Crippen molar-refractivity contribution in [2.45, 2.75) is 127 Å². The Balaban J connectivity index is -0.000000142. The predicted molar refractivity (Wildman–Crippen MR) is 186 cm³/mol. The molecule has 0 saturated heterocycles. The minimum atomic E-state index is -0.668. The molecule has 0 aromatic heterocycles. The van der Waals surface area contributed by atoms with Crippen molar-refractivity contribution >= 4 is 0 Å². The molecule has 0 saturated carbocycles. The lowest BCUT2D eigenvalue weighted by molar-refractivity contribution is 0.189. The van der Waals surface area contributed by atoms with Crippen LogP contribution in [0.5, 0.6) is 0 Å². The Kier molecular flexibility index (Phi) is 47.9. The smallest absolute Gasteiger partial charge is 0.112 e. The molecule has 0 radical (unpaired) electrons. The summed E-state index contributed by atoms with van der Waals surface area (Å²) in [5.41, 5.74) is 0. The average Bonchev–Trinajstić information content (AvgIpc) is 2.89. The van der Waals surface area contributed by atoms with Crippen molar-refractivity contribution in [1.29, 1.82) is 0 Å². The highest BCUT2D eigenvalue weighted by atomic mass is 19.1. The fourth-order valence-corrected chi connectivity index (χ4v) is 2.41. The van der Waals surface area contributed by atoms with Crippen LogP contribution >= 0.6 is 0 Å². The van der Waals surface area contributed by atoms with Gasteiger partial charge in [-0.3, -0.25) is 0 Å². The van der Waals surface area contributed by atoms with Gasteiger partial charge in [0.1, 0.15) is 12.8 Å². The molecule has 43 heavy (non-hydrogen) atoms. The summed E-state index contributed by atoms with van der Waals surface area (Å²) in [6.07, 6.45) is -0.489. The number of hydrogen-bond donors (Lipinski definition) is 8.